The first-order valence-electron chi connectivity index (χ1n) is 6.19. The Morgan fingerprint density at radius 2 is 2.00 bits per heavy atom. The normalized spacial score (nSPS) is 18.7. The fourth-order valence-corrected chi connectivity index (χ4v) is 2.27. The monoisotopic (exact) mass is 219 g/mol. The molecule has 2 nitrogen and oxygen atoms in total. The van der Waals surface area contributed by atoms with Crippen molar-refractivity contribution in [3.8, 4) is 5.75 Å². The van der Waals surface area contributed by atoms with Crippen LogP contribution in [0.2, 0.25) is 0 Å². The highest BCUT2D eigenvalue weighted by atomic mass is 16.5. The van der Waals surface area contributed by atoms with Gasteiger partial charge in [0.2, 0.25) is 0 Å². The standard InChI is InChI=1S/C14H21NO/c1-10-9-12(11(2)15)7-8-14(10)16-13-5-3-4-6-13/h7-9,11,13H,3-6,15H2,1-2H3/t11-/m1/s1. The van der Waals surface area contributed by atoms with Crippen LogP contribution in [-0.2, 0) is 0 Å². The second-order valence-corrected chi connectivity index (χ2v) is 4.84. The summed E-state index contributed by atoms with van der Waals surface area (Å²) in [7, 11) is 0. The maximum absolute atomic E-state index is 6.00. The molecule has 2 rings (SSSR count). The molecule has 0 bridgehead atoms. The molecule has 1 fully saturated rings. The van der Waals surface area contributed by atoms with Gasteiger partial charge in [0.1, 0.15) is 5.75 Å². The summed E-state index contributed by atoms with van der Waals surface area (Å²) < 4.78 is 6.00. The summed E-state index contributed by atoms with van der Waals surface area (Å²) in [6.07, 6.45) is 5.45. The Hall–Kier alpha value is -1.02. The first-order valence-corrected chi connectivity index (χ1v) is 6.19. The number of hydrogen-bond donors (Lipinski definition) is 1. The van der Waals surface area contributed by atoms with E-state index in [-0.39, 0.29) is 6.04 Å². The zero-order valence-electron chi connectivity index (χ0n) is 10.2. The van der Waals surface area contributed by atoms with Crippen molar-refractivity contribution in [2.45, 2.75) is 51.7 Å². The molecule has 2 heteroatoms. The van der Waals surface area contributed by atoms with Crippen molar-refractivity contribution in [1.29, 1.82) is 0 Å². The molecule has 0 radical (unpaired) electrons. The topological polar surface area (TPSA) is 35.2 Å². The van der Waals surface area contributed by atoms with Crippen LogP contribution < -0.4 is 10.5 Å². The number of benzene rings is 1. The summed E-state index contributed by atoms with van der Waals surface area (Å²) in [6, 6.07) is 6.36. The Kier molecular flexibility index (Phi) is 3.49. The fraction of sp³-hybridized carbons (Fsp3) is 0.571. The maximum Gasteiger partial charge on any atom is 0.122 e. The Bertz CT molecular complexity index is 354. The van der Waals surface area contributed by atoms with Crippen LogP contribution in [-0.4, -0.2) is 6.10 Å². The number of hydrogen-bond acceptors (Lipinski definition) is 2. The van der Waals surface area contributed by atoms with Gasteiger partial charge in [0.15, 0.2) is 0 Å². The van der Waals surface area contributed by atoms with E-state index in [2.05, 4.69) is 25.1 Å². The van der Waals surface area contributed by atoms with Crippen LogP contribution >= 0.6 is 0 Å². The lowest BCUT2D eigenvalue weighted by atomic mass is 10.1. The fourth-order valence-electron chi connectivity index (χ4n) is 2.27. The Balaban J connectivity index is 2.09. The lowest BCUT2D eigenvalue weighted by Crippen LogP contribution is -2.12. The molecule has 1 aliphatic rings. The average Bonchev–Trinajstić information content (AvgIpc) is 2.73. The molecule has 1 aliphatic carbocycles. The van der Waals surface area contributed by atoms with Gasteiger partial charge in [0, 0.05) is 6.04 Å². The quantitative estimate of drug-likeness (QED) is 0.846. The average molecular weight is 219 g/mol. The van der Waals surface area contributed by atoms with Crippen LogP contribution in [0.3, 0.4) is 0 Å². The molecule has 1 aromatic carbocycles. The summed E-state index contributed by atoms with van der Waals surface area (Å²) in [5.41, 5.74) is 8.23. The third-order valence-corrected chi connectivity index (χ3v) is 3.32. The lowest BCUT2D eigenvalue weighted by Gasteiger charge is -2.16. The Labute approximate surface area is 97.8 Å². The smallest absolute Gasteiger partial charge is 0.122 e. The third kappa shape index (κ3) is 2.56. The highest BCUT2D eigenvalue weighted by molar-refractivity contribution is 5.37. The van der Waals surface area contributed by atoms with Gasteiger partial charge >= 0.3 is 0 Å². The minimum atomic E-state index is 0.0965. The molecule has 0 amide bonds. The zero-order chi connectivity index (χ0) is 11.5. The van der Waals surface area contributed by atoms with Crippen LogP contribution in [0.5, 0.6) is 5.75 Å². The predicted octanol–water partition coefficient (Wildman–Crippen LogP) is 3.34. The molecule has 1 saturated carbocycles. The molecule has 1 atom stereocenters. The summed E-state index contributed by atoms with van der Waals surface area (Å²) >= 11 is 0. The Morgan fingerprint density at radius 3 is 2.56 bits per heavy atom. The zero-order valence-corrected chi connectivity index (χ0v) is 10.2. The molecule has 88 valence electrons. The summed E-state index contributed by atoms with van der Waals surface area (Å²) in [4.78, 5) is 0. The van der Waals surface area contributed by atoms with Crippen LogP contribution in [0.1, 0.15) is 49.8 Å². The van der Waals surface area contributed by atoms with Gasteiger partial charge in [-0.3, -0.25) is 0 Å². The highest BCUT2D eigenvalue weighted by Gasteiger charge is 2.17. The molecule has 0 heterocycles. The molecular weight excluding hydrogens is 198 g/mol. The molecule has 2 N–H and O–H groups in total. The largest absolute Gasteiger partial charge is 0.490 e. The maximum atomic E-state index is 6.00. The van der Waals surface area contributed by atoms with Crippen LogP contribution in [0.15, 0.2) is 18.2 Å². The van der Waals surface area contributed by atoms with Gasteiger partial charge in [-0.15, -0.1) is 0 Å². The predicted molar refractivity (Wildman–Crippen MR) is 66.7 cm³/mol. The van der Waals surface area contributed by atoms with Crippen molar-refractivity contribution in [2.75, 3.05) is 0 Å². The molecular formula is C14H21NO. The minimum Gasteiger partial charge on any atom is -0.490 e. The molecule has 0 spiro atoms. The van der Waals surface area contributed by atoms with E-state index >= 15 is 0 Å². The van der Waals surface area contributed by atoms with Crippen LogP contribution in [0.25, 0.3) is 0 Å². The molecule has 0 saturated heterocycles. The first-order chi connectivity index (χ1) is 7.66. The van der Waals surface area contributed by atoms with Gasteiger partial charge < -0.3 is 10.5 Å². The van der Waals surface area contributed by atoms with Crippen molar-refractivity contribution >= 4 is 0 Å². The third-order valence-electron chi connectivity index (χ3n) is 3.32. The van der Waals surface area contributed by atoms with Gasteiger partial charge in [-0.2, -0.15) is 0 Å². The van der Waals surface area contributed by atoms with Gasteiger partial charge in [-0.1, -0.05) is 12.1 Å². The van der Waals surface area contributed by atoms with Gasteiger partial charge in [-0.05, 0) is 56.7 Å². The van der Waals surface area contributed by atoms with E-state index in [1.807, 2.05) is 6.92 Å². The summed E-state index contributed by atoms with van der Waals surface area (Å²) in [5.74, 6) is 1.02. The second-order valence-electron chi connectivity index (χ2n) is 4.84. The Morgan fingerprint density at radius 1 is 1.31 bits per heavy atom. The van der Waals surface area contributed by atoms with Crippen molar-refractivity contribution < 1.29 is 4.74 Å². The number of ether oxygens (including phenoxy) is 1. The summed E-state index contributed by atoms with van der Waals surface area (Å²) in [5, 5.41) is 0. The van der Waals surface area contributed by atoms with Crippen molar-refractivity contribution in [2.24, 2.45) is 5.73 Å². The van der Waals surface area contributed by atoms with E-state index in [4.69, 9.17) is 10.5 Å². The number of rotatable bonds is 3. The molecule has 1 aromatic rings. The number of nitrogens with two attached hydrogens (primary N) is 1. The van der Waals surface area contributed by atoms with Crippen molar-refractivity contribution in [3.63, 3.8) is 0 Å². The van der Waals surface area contributed by atoms with E-state index in [9.17, 15) is 0 Å². The van der Waals surface area contributed by atoms with Crippen molar-refractivity contribution in [1.82, 2.24) is 0 Å². The van der Waals surface area contributed by atoms with E-state index < -0.39 is 0 Å². The van der Waals surface area contributed by atoms with E-state index in [1.165, 1.54) is 36.8 Å². The van der Waals surface area contributed by atoms with E-state index in [0.29, 0.717) is 6.10 Å². The van der Waals surface area contributed by atoms with E-state index in [0.717, 1.165) is 5.75 Å². The van der Waals surface area contributed by atoms with Crippen LogP contribution in [0, 0.1) is 6.92 Å². The highest BCUT2D eigenvalue weighted by Crippen LogP contribution is 2.27. The molecule has 0 aromatic heterocycles. The SMILES string of the molecule is Cc1cc([C@@H](C)N)ccc1OC1CCCC1. The minimum absolute atomic E-state index is 0.0965. The van der Waals surface area contributed by atoms with Gasteiger partial charge in [-0.25, -0.2) is 0 Å². The lowest BCUT2D eigenvalue weighted by molar-refractivity contribution is 0.208. The van der Waals surface area contributed by atoms with Gasteiger partial charge in [0.05, 0.1) is 6.10 Å². The molecule has 0 unspecified atom stereocenters. The summed E-state index contributed by atoms with van der Waals surface area (Å²) in [6.45, 7) is 4.10. The molecule has 16 heavy (non-hydrogen) atoms. The van der Waals surface area contributed by atoms with Crippen molar-refractivity contribution in [3.05, 3.63) is 29.3 Å². The second kappa shape index (κ2) is 4.88. The number of aryl methyl sites for hydroxylation is 1. The van der Waals surface area contributed by atoms with Gasteiger partial charge in [0.25, 0.3) is 0 Å². The van der Waals surface area contributed by atoms with E-state index in [1.54, 1.807) is 0 Å². The molecule has 0 aliphatic heterocycles. The van der Waals surface area contributed by atoms with Crippen LogP contribution in [0.4, 0.5) is 0 Å². The first kappa shape index (κ1) is 11.5.